The largest absolute Gasteiger partial charge is 0.449 e. The molecule has 8 heteroatoms. The average Bonchev–Trinajstić information content (AvgIpc) is 2.79. The van der Waals surface area contributed by atoms with E-state index in [1.54, 1.807) is 18.9 Å². The SMILES string of the molecule is CC1CCN(C(=O)C(C)OC(=O)c2cccc(S(=O)(=O)N(C)C3CCCCC3)c2)CC1. The molecule has 1 aliphatic heterocycles. The Morgan fingerprint density at radius 2 is 1.74 bits per heavy atom. The lowest BCUT2D eigenvalue weighted by Crippen LogP contribution is -2.44. The number of nitrogens with zero attached hydrogens (tertiary/aromatic N) is 2. The van der Waals surface area contributed by atoms with Gasteiger partial charge in [0.15, 0.2) is 6.10 Å². The number of hydrogen-bond acceptors (Lipinski definition) is 5. The Hall–Kier alpha value is -1.93. The zero-order valence-corrected chi connectivity index (χ0v) is 19.6. The normalized spacial score (nSPS) is 19.9. The second-order valence-corrected chi connectivity index (χ2v) is 10.9. The van der Waals surface area contributed by atoms with Gasteiger partial charge in [0, 0.05) is 26.2 Å². The quantitative estimate of drug-likeness (QED) is 0.620. The standard InChI is InChI=1S/C23H34N2O5S/c1-17-12-14-25(15-13-17)22(26)18(2)30-23(27)19-8-7-11-21(16-19)31(28,29)24(3)20-9-5-4-6-10-20/h7-8,11,16-18,20H,4-6,9-10,12-15H2,1-3H3. The second kappa shape index (κ2) is 10.1. The number of carbonyl (C=O) groups is 2. The Bertz CT molecular complexity index is 887. The van der Waals surface area contributed by atoms with Crippen LogP contribution in [0.5, 0.6) is 0 Å². The molecule has 1 heterocycles. The van der Waals surface area contributed by atoms with Gasteiger partial charge in [0.25, 0.3) is 5.91 Å². The number of sulfonamides is 1. The van der Waals surface area contributed by atoms with Crippen LogP contribution in [-0.2, 0) is 19.6 Å². The van der Waals surface area contributed by atoms with Gasteiger partial charge in [-0.2, -0.15) is 4.31 Å². The summed E-state index contributed by atoms with van der Waals surface area (Å²) in [6.45, 7) is 5.07. The van der Waals surface area contributed by atoms with Crippen LogP contribution in [-0.4, -0.2) is 61.8 Å². The number of rotatable bonds is 6. The van der Waals surface area contributed by atoms with Gasteiger partial charge in [-0.05, 0) is 56.7 Å². The summed E-state index contributed by atoms with van der Waals surface area (Å²) < 4.78 is 33.0. The molecule has 1 unspecified atom stereocenters. The van der Waals surface area contributed by atoms with Crippen LogP contribution in [0.4, 0.5) is 0 Å². The number of likely N-dealkylation sites (tertiary alicyclic amines) is 1. The summed E-state index contributed by atoms with van der Waals surface area (Å²) in [5, 5.41) is 0. The first-order valence-electron chi connectivity index (χ1n) is 11.3. The molecule has 1 amide bonds. The topological polar surface area (TPSA) is 84.0 Å². The fourth-order valence-electron chi connectivity index (χ4n) is 4.36. The van der Waals surface area contributed by atoms with Crippen molar-refractivity contribution in [1.82, 2.24) is 9.21 Å². The molecular formula is C23H34N2O5S. The Morgan fingerprint density at radius 1 is 1.10 bits per heavy atom. The third-order valence-electron chi connectivity index (χ3n) is 6.56. The van der Waals surface area contributed by atoms with E-state index >= 15 is 0 Å². The number of carbonyl (C=O) groups excluding carboxylic acids is 2. The molecule has 1 aromatic carbocycles. The van der Waals surface area contributed by atoms with E-state index in [9.17, 15) is 18.0 Å². The third kappa shape index (κ3) is 5.66. The van der Waals surface area contributed by atoms with Gasteiger partial charge in [0.05, 0.1) is 10.5 Å². The van der Waals surface area contributed by atoms with Gasteiger partial charge in [-0.3, -0.25) is 4.79 Å². The van der Waals surface area contributed by atoms with Crippen LogP contribution in [0.15, 0.2) is 29.2 Å². The smallest absolute Gasteiger partial charge is 0.338 e. The predicted octanol–water partition coefficient (Wildman–Crippen LogP) is 3.44. The highest BCUT2D eigenvalue weighted by Gasteiger charge is 2.30. The van der Waals surface area contributed by atoms with E-state index in [0.717, 1.165) is 44.9 Å². The van der Waals surface area contributed by atoms with Crippen molar-refractivity contribution in [3.8, 4) is 0 Å². The van der Waals surface area contributed by atoms with E-state index < -0.39 is 22.1 Å². The van der Waals surface area contributed by atoms with Crippen molar-refractivity contribution in [2.75, 3.05) is 20.1 Å². The lowest BCUT2D eigenvalue weighted by molar-refractivity contribution is -0.141. The molecular weight excluding hydrogens is 416 g/mol. The molecule has 2 aliphatic rings. The highest BCUT2D eigenvalue weighted by Crippen LogP contribution is 2.27. The second-order valence-electron chi connectivity index (χ2n) is 8.90. The molecule has 1 saturated heterocycles. The fraction of sp³-hybridized carbons (Fsp3) is 0.652. The maximum atomic E-state index is 13.1. The van der Waals surface area contributed by atoms with Crippen LogP contribution in [0.3, 0.4) is 0 Å². The molecule has 31 heavy (non-hydrogen) atoms. The number of ether oxygens (including phenoxy) is 1. The van der Waals surface area contributed by atoms with Crippen LogP contribution >= 0.6 is 0 Å². The van der Waals surface area contributed by atoms with Crippen molar-refractivity contribution in [2.24, 2.45) is 5.92 Å². The number of benzene rings is 1. The lowest BCUT2D eigenvalue weighted by Gasteiger charge is -2.32. The molecule has 1 aliphatic carbocycles. The molecule has 0 bridgehead atoms. The Morgan fingerprint density at radius 3 is 2.39 bits per heavy atom. The molecule has 1 saturated carbocycles. The number of esters is 1. The molecule has 0 spiro atoms. The van der Waals surface area contributed by atoms with E-state index in [1.807, 2.05) is 0 Å². The van der Waals surface area contributed by atoms with Crippen LogP contribution in [0.25, 0.3) is 0 Å². The summed E-state index contributed by atoms with van der Waals surface area (Å²) in [6.07, 6.45) is 5.88. The third-order valence-corrected chi connectivity index (χ3v) is 8.47. The van der Waals surface area contributed by atoms with Crippen LogP contribution in [0.1, 0.15) is 69.2 Å². The van der Waals surface area contributed by atoms with Gasteiger partial charge in [-0.1, -0.05) is 32.3 Å². The van der Waals surface area contributed by atoms with E-state index in [2.05, 4.69) is 6.92 Å². The van der Waals surface area contributed by atoms with Crippen LogP contribution in [0, 0.1) is 5.92 Å². The van der Waals surface area contributed by atoms with E-state index in [-0.39, 0.29) is 22.4 Å². The summed E-state index contributed by atoms with van der Waals surface area (Å²) >= 11 is 0. The van der Waals surface area contributed by atoms with Crippen LogP contribution < -0.4 is 0 Å². The van der Waals surface area contributed by atoms with Crippen molar-refractivity contribution >= 4 is 21.9 Å². The zero-order valence-electron chi connectivity index (χ0n) is 18.7. The maximum Gasteiger partial charge on any atom is 0.338 e. The van der Waals surface area contributed by atoms with Gasteiger partial charge in [-0.25, -0.2) is 13.2 Å². The predicted molar refractivity (Wildman–Crippen MR) is 118 cm³/mol. The van der Waals surface area contributed by atoms with E-state index in [1.165, 1.54) is 28.6 Å². The molecule has 0 aromatic heterocycles. The Balaban J connectivity index is 1.67. The average molecular weight is 451 g/mol. The monoisotopic (exact) mass is 450 g/mol. The molecule has 3 rings (SSSR count). The summed E-state index contributed by atoms with van der Waals surface area (Å²) in [7, 11) is -2.10. The lowest BCUT2D eigenvalue weighted by atomic mass is 9.96. The summed E-state index contributed by atoms with van der Waals surface area (Å²) in [5.41, 5.74) is 0.130. The first-order valence-corrected chi connectivity index (χ1v) is 12.7. The highest BCUT2D eigenvalue weighted by atomic mass is 32.2. The molecule has 0 radical (unpaired) electrons. The van der Waals surface area contributed by atoms with Crippen molar-refractivity contribution < 1.29 is 22.7 Å². The van der Waals surface area contributed by atoms with E-state index in [0.29, 0.717) is 19.0 Å². The fourth-order valence-corrected chi connectivity index (χ4v) is 5.82. The molecule has 0 N–H and O–H groups in total. The zero-order chi connectivity index (χ0) is 22.6. The van der Waals surface area contributed by atoms with Crippen molar-refractivity contribution in [3.63, 3.8) is 0 Å². The summed E-state index contributed by atoms with van der Waals surface area (Å²) in [6, 6.07) is 5.88. The van der Waals surface area contributed by atoms with Gasteiger partial charge >= 0.3 is 5.97 Å². The van der Waals surface area contributed by atoms with Crippen LogP contribution in [0.2, 0.25) is 0 Å². The Kier molecular flexibility index (Phi) is 7.75. The molecule has 7 nitrogen and oxygen atoms in total. The van der Waals surface area contributed by atoms with Crippen molar-refractivity contribution in [3.05, 3.63) is 29.8 Å². The summed E-state index contributed by atoms with van der Waals surface area (Å²) in [5.74, 6) is -0.303. The molecule has 2 fully saturated rings. The number of amides is 1. The minimum Gasteiger partial charge on any atom is -0.449 e. The van der Waals surface area contributed by atoms with Gasteiger partial charge in [0.2, 0.25) is 10.0 Å². The highest BCUT2D eigenvalue weighted by molar-refractivity contribution is 7.89. The molecule has 1 atom stereocenters. The van der Waals surface area contributed by atoms with Gasteiger partial charge in [0.1, 0.15) is 0 Å². The number of piperidine rings is 1. The van der Waals surface area contributed by atoms with Crippen molar-refractivity contribution in [2.45, 2.75) is 75.8 Å². The van der Waals surface area contributed by atoms with E-state index in [4.69, 9.17) is 4.74 Å². The minimum atomic E-state index is -3.71. The number of hydrogen-bond donors (Lipinski definition) is 0. The molecule has 172 valence electrons. The maximum absolute atomic E-state index is 13.1. The van der Waals surface area contributed by atoms with Crippen molar-refractivity contribution in [1.29, 1.82) is 0 Å². The summed E-state index contributed by atoms with van der Waals surface area (Å²) in [4.78, 5) is 27.1. The first-order chi connectivity index (χ1) is 14.7. The van der Waals surface area contributed by atoms with Gasteiger partial charge in [-0.15, -0.1) is 0 Å². The molecule has 1 aromatic rings. The Labute approximate surface area is 185 Å². The first kappa shape index (κ1) is 23.7. The minimum absolute atomic E-state index is 0.0146. The van der Waals surface area contributed by atoms with Gasteiger partial charge < -0.3 is 9.64 Å².